The zero-order chi connectivity index (χ0) is 6.69. The lowest BCUT2D eigenvalue weighted by atomic mass is 9.87. The van der Waals surface area contributed by atoms with E-state index < -0.39 is 0 Å². The van der Waals surface area contributed by atoms with Crippen LogP contribution in [-0.4, -0.2) is 0 Å². The van der Waals surface area contributed by atoms with Gasteiger partial charge < -0.3 is 0 Å². The van der Waals surface area contributed by atoms with Crippen LogP contribution in [0.2, 0.25) is 0 Å². The molecule has 0 heterocycles. The molecule has 0 aromatic heterocycles. The van der Waals surface area contributed by atoms with E-state index in [1.165, 1.54) is 32.1 Å². The van der Waals surface area contributed by atoms with E-state index in [9.17, 15) is 0 Å². The molecule has 52 valence electrons. The molecule has 0 spiro atoms. The second-order valence-corrected chi connectivity index (χ2v) is 2.99. The third kappa shape index (κ3) is 1.57. The molecule has 0 aliphatic heterocycles. The van der Waals surface area contributed by atoms with Gasteiger partial charge in [-0.25, -0.2) is 0 Å². The summed E-state index contributed by atoms with van der Waals surface area (Å²) in [4.78, 5) is 0. The molecular weight excluding hydrogens is 108 g/mol. The van der Waals surface area contributed by atoms with Crippen molar-refractivity contribution in [2.75, 3.05) is 0 Å². The maximum Gasteiger partial charge on any atom is -0.0315 e. The predicted molar refractivity (Wildman–Crippen MR) is 41.5 cm³/mol. The van der Waals surface area contributed by atoms with E-state index in [4.69, 9.17) is 0 Å². The average Bonchev–Trinajstić information content (AvgIpc) is 1.60. The Hall–Kier alpha value is -0.260. The van der Waals surface area contributed by atoms with Crippen LogP contribution in [0.5, 0.6) is 0 Å². The van der Waals surface area contributed by atoms with Crippen molar-refractivity contribution in [3.63, 3.8) is 0 Å². The first-order chi connectivity index (χ1) is 4.34. The summed E-state index contributed by atoms with van der Waals surface area (Å²) in [6.45, 7) is 4.54. The summed E-state index contributed by atoms with van der Waals surface area (Å²) in [5.41, 5.74) is 3.42. The fraction of sp³-hybridized carbons (Fsp3) is 0.778. The standard InChI is InChI=1S/C9H16/c1-3-5-8(2)9-6-4-7-9/h3-7H2,1-2H3. The first-order valence-electron chi connectivity index (χ1n) is 4.02. The Morgan fingerprint density at radius 1 is 1.44 bits per heavy atom. The lowest BCUT2D eigenvalue weighted by molar-refractivity contribution is 0.640. The minimum Gasteiger partial charge on any atom is -0.0741 e. The molecule has 1 fully saturated rings. The highest BCUT2D eigenvalue weighted by molar-refractivity contribution is 5.17. The normalized spacial score (nSPS) is 17.3. The SMILES string of the molecule is CCCC(C)=C1CCC1. The highest BCUT2D eigenvalue weighted by atomic mass is 14.2. The van der Waals surface area contributed by atoms with Crippen molar-refractivity contribution in [1.29, 1.82) is 0 Å². The quantitative estimate of drug-likeness (QED) is 0.495. The topological polar surface area (TPSA) is 0 Å². The first-order valence-corrected chi connectivity index (χ1v) is 4.02. The van der Waals surface area contributed by atoms with Crippen LogP contribution >= 0.6 is 0 Å². The zero-order valence-electron chi connectivity index (χ0n) is 6.54. The second kappa shape index (κ2) is 3.05. The predicted octanol–water partition coefficient (Wildman–Crippen LogP) is 3.29. The van der Waals surface area contributed by atoms with Crippen molar-refractivity contribution in [2.45, 2.75) is 46.0 Å². The van der Waals surface area contributed by atoms with E-state index in [2.05, 4.69) is 13.8 Å². The third-order valence-corrected chi connectivity index (χ3v) is 2.19. The lowest BCUT2D eigenvalue weighted by Crippen LogP contribution is -1.99. The van der Waals surface area contributed by atoms with Crippen LogP contribution in [0.25, 0.3) is 0 Å². The van der Waals surface area contributed by atoms with Gasteiger partial charge in [-0.1, -0.05) is 24.5 Å². The van der Waals surface area contributed by atoms with Crippen LogP contribution in [0.15, 0.2) is 11.1 Å². The maximum atomic E-state index is 2.29. The van der Waals surface area contributed by atoms with Crippen LogP contribution in [0, 0.1) is 0 Å². The molecule has 0 amide bonds. The summed E-state index contributed by atoms with van der Waals surface area (Å²) in [5.74, 6) is 0. The number of hydrogen-bond donors (Lipinski definition) is 0. The largest absolute Gasteiger partial charge is 0.0741 e. The van der Waals surface area contributed by atoms with Crippen LogP contribution in [0.3, 0.4) is 0 Å². The molecule has 0 heteroatoms. The summed E-state index contributed by atoms with van der Waals surface area (Å²) in [6, 6.07) is 0. The lowest BCUT2D eigenvalue weighted by Gasteiger charge is -2.19. The van der Waals surface area contributed by atoms with Crippen molar-refractivity contribution in [2.24, 2.45) is 0 Å². The molecule has 0 atom stereocenters. The summed E-state index contributed by atoms with van der Waals surface area (Å²) in [5, 5.41) is 0. The van der Waals surface area contributed by atoms with Gasteiger partial charge in [0.2, 0.25) is 0 Å². The van der Waals surface area contributed by atoms with Gasteiger partial charge in [-0.2, -0.15) is 0 Å². The van der Waals surface area contributed by atoms with E-state index in [1.807, 2.05) is 0 Å². The molecule has 0 saturated heterocycles. The van der Waals surface area contributed by atoms with Gasteiger partial charge in [0.25, 0.3) is 0 Å². The minimum atomic E-state index is 1.31. The van der Waals surface area contributed by atoms with E-state index >= 15 is 0 Å². The van der Waals surface area contributed by atoms with E-state index in [0.29, 0.717) is 0 Å². The Balaban J connectivity index is 2.36. The first kappa shape index (κ1) is 6.85. The molecule has 0 unspecified atom stereocenters. The van der Waals surface area contributed by atoms with Crippen LogP contribution in [0.4, 0.5) is 0 Å². The molecule has 1 rings (SSSR count). The number of allylic oxidation sites excluding steroid dienone is 2. The van der Waals surface area contributed by atoms with E-state index in [0.717, 1.165) is 0 Å². The van der Waals surface area contributed by atoms with Crippen LogP contribution in [-0.2, 0) is 0 Å². The van der Waals surface area contributed by atoms with Gasteiger partial charge in [-0.05, 0) is 32.6 Å². The molecule has 1 aliphatic carbocycles. The molecule has 0 bridgehead atoms. The van der Waals surface area contributed by atoms with Crippen molar-refractivity contribution < 1.29 is 0 Å². The fourth-order valence-corrected chi connectivity index (χ4v) is 1.33. The number of hydrogen-bond acceptors (Lipinski definition) is 0. The van der Waals surface area contributed by atoms with Gasteiger partial charge >= 0.3 is 0 Å². The van der Waals surface area contributed by atoms with Crippen molar-refractivity contribution in [1.82, 2.24) is 0 Å². The summed E-state index contributed by atoms with van der Waals surface area (Å²) in [6.07, 6.45) is 6.87. The van der Waals surface area contributed by atoms with Crippen molar-refractivity contribution >= 4 is 0 Å². The molecular formula is C9H16. The Bertz CT molecular complexity index is 114. The third-order valence-electron chi connectivity index (χ3n) is 2.19. The molecule has 0 nitrogen and oxygen atoms in total. The van der Waals surface area contributed by atoms with Crippen LogP contribution in [0.1, 0.15) is 46.0 Å². The van der Waals surface area contributed by atoms with Gasteiger partial charge in [0.1, 0.15) is 0 Å². The van der Waals surface area contributed by atoms with Gasteiger partial charge in [0.05, 0.1) is 0 Å². The molecule has 1 saturated carbocycles. The molecule has 0 aromatic rings. The molecule has 0 N–H and O–H groups in total. The summed E-state index contributed by atoms with van der Waals surface area (Å²) >= 11 is 0. The Kier molecular flexibility index (Phi) is 2.32. The highest BCUT2D eigenvalue weighted by Gasteiger charge is 2.10. The summed E-state index contributed by atoms with van der Waals surface area (Å²) < 4.78 is 0. The Labute approximate surface area is 58.0 Å². The molecule has 9 heavy (non-hydrogen) atoms. The summed E-state index contributed by atoms with van der Waals surface area (Å²) in [7, 11) is 0. The maximum absolute atomic E-state index is 2.29. The van der Waals surface area contributed by atoms with Crippen LogP contribution < -0.4 is 0 Å². The minimum absolute atomic E-state index is 1.31. The second-order valence-electron chi connectivity index (χ2n) is 2.99. The monoisotopic (exact) mass is 124 g/mol. The Morgan fingerprint density at radius 3 is 2.44 bits per heavy atom. The van der Waals surface area contributed by atoms with Gasteiger partial charge in [0, 0.05) is 0 Å². The van der Waals surface area contributed by atoms with Gasteiger partial charge in [0.15, 0.2) is 0 Å². The molecule has 0 radical (unpaired) electrons. The van der Waals surface area contributed by atoms with Crippen molar-refractivity contribution in [3.8, 4) is 0 Å². The Morgan fingerprint density at radius 2 is 2.11 bits per heavy atom. The molecule has 0 aromatic carbocycles. The van der Waals surface area contributed by atoms with E-state index in [-0.39, 0.29) is 0 Å². The molecule has 1 aliphatic rings. The number of rotatable bonds is 2. The fourth-order valence-electron chi connectivity index (χ4n) is 1.33. The average molecular weight is 124 g/mol. The smallest absolute Gasteiger partial charge is 0.0315 e. The van der Waals surface area contributed by atoms with Gasteiger partial charge in [-0.15, -0.1) is 0 Å². The van der Waals surface area contributed by atoms with Crippen molar-refractivity contribution in [3.05, 3.63) is 11.1 Å². The van der Waals surface area contributed by atoms with Gasteiger partial charge in [-0.3, -0.25) is 0 Å². The zero-order valence-corrected chi connectivity index (χ0v) is 6.54. The van der Waals surface area contributed by atoms with E-state index in [1.54, 1.807) is 11.1 Å². The highest BCUT2D eigenvalue weighted by Crippen LogP contribution is 2.29.